The maximum Gasteiger partial charge on any atom is 0.0931 e. The summed E-state index contributed by atoms with van der Waals surface area (Å²) in [7, 11) is 0. The smallest absolute Gasteiger partial charge is 0.0931 e. The number of rotatable bonds is 3. The normalized spacial score (nSPS) is 27.4. The summed E-state index contributed by atoms with van der Waals surface area (Å²) in [5, 5.41) is 0. The Kier molecular flexibility index (Phi) is 3.36. The number of halogens is 1. The molecule has 2 nitrogen and oxygen atoms in total. The standard InChI is InChI=1S/C11H17ClN2S/c1-11(7-13)4-5-14(8-11)6-9-2-3-10(12)15-9/h2-3H,4-8,13H2,1H3. The molecule has 1 aliphatic rings. The van der Waals surface area contributed by atoms with Gasteiger partial charge >= 0.3 is 0 Å². The van der Waals surface area contributed by atoms with E-state index in [-0.39, 0.29) is 0 Å². The van der Waals surface area contributed by atoms with Crippen LogP contribution in [0, 0.1) is 5.41 Å². The van der Waals surface area contributed by atoms with E-state index in [0.29, 0.717) is 5.41 Å². The van der Waals surface area contributed by atoms with Crippen molar-refractivity contribution < 1.29 is 0 Å². The average Bonchev–Trinajstić information content (AvgIpc) is 2.76. The van der Waals surface area contributed by atoms with E-state index in [9.17, 15) is 0 Å². The van der Waals surface area contributed by atoms with E-state index in [1.165, 1.54) is 11.3 Å². The highest BCUT2D eigenvalue weighted by Gasteiger charge is 2.32. The molecule has 15 heavy (non-hydrogen) atoms. The van der Waals surface area contributed by atoms with E-state index < -0.39 is 0 Å². The highest BCUT2D eigenvalue weighted by atomic mass is 35.5. The first kappa shape index (κ1) is 11.4. The van der Waals surface area contributed by atoms with Crippen LogP contribution in [0.4, 0.5) is 0 Å². The zero-order valence-electron chi connectivity index (χ0n) is 9.00. The Balaban J connectivity index is 1.92. The second-order valence-electron chi connectivity index (χ2n) is 4.68. The summed E-state index contributed by atoms with van der Waals surface area (Å²) in [5.41, 5.74) is 6.10. The molecule has 1 saturated heterocycles. The third kappa shape index (κ3) is 2.72. The van der Waals surface area contributed by atoms with Crippen LogP contribution in [0.25, 0.3) is 0 Å². The lowest BCUT2D eigenvalue weighted by Crippen LogP contribution is -2.30. The molecule has 0 aliphatic carbocycles. The summed E-state index contributed by atoms with van der Waals surface area (Å²) < 4.78 is 0.880. The molecule has 1 fully saturated rings. The van der Waals surface area contributed by atoms with E-state index in [1.54, 1.807) is 11.3 Å². The van der Waals surface area contributed by atoms with Crippen molar-refractivity contribution in [2.24, 2.45) is 11.1 Å². The van der Waals surface area contributed by atoms with Crippen molar-refractivity contribution in [2.45, 2.75) is 19.9 Å². The fourth-order valence-corrected chi connectivity index (χ4v) is 3.21. The van der Waals surface area contributed by atoms with Crippen LogP contribution in [-0.4, -0.2) is 24.5 Å². The molecule has 0 radical (unpaired) electrons. The van der Waals surface area contributed by atoms with Crippen molar-refractivity contribution in [1.82, 2.24) is 4.90 Å². The minimum absolute atomic E-state index is 0.320. The minimum Gasteiger partial charge on any atom is -0.330 e. The van der Waals surface area contributed by atoms with Gasteiger partial charge in [-0.2, -0.15) is 0 Å². The molecule has 1 unspecified atom stereocenters. The lowest BCUT2D eigenvalue weighted by molar-refractivity contribution is 0.276. The van der Waals surface area contributed by atoms with Crippen LogP contribution in [0.15, 0.2) is 12.1 Å². The van der Waals surface area contributed by atoms with Crippen LogP contribution >= 0.6 is 22.9 Å². The Bertz CT molecular complexity index is 339. The number of thiophene rings is 1. The fraction of sp³-hybridized carbons (Fsp3) is 0.636. The van der Waals surface area contributed by atoms with Gasteiger partial charge in [0.15, 0.2) is 0 Å². The van der Waals surface area contributed by atoms with Gasteiger partial charge in [0.2, 0.25) is 0 Å². The third-order valence-corrected chi connectivity index (χ3v) is 4.35. The summed E-state index contributed by atoms with van der Waals surface area (Å²) in [6.07, 6.45) is 1.21. The van der Waals surface area contributed by atoms with Gasteiger partial charge in [0.1, 0.15) is 0 Å². The molecular weight excluding hydrogens is 228 g/mol. The molecule has 1 aromatic heterocycles. The van der Waals surface area contributed by atoms with Crippen molar-refractivity contribution >= 4 is 22.9 Å². The lowest BCUT2D eigenvalue weighted by Gasteiger charge is -2.22. The monoisotopic (exact) mass is 244 g/mol. The Morgan fingerprint density at radius 1 is 1.60 bits per heavy atom. The number of hydrogen-bond acceptors (Lipinski definition) is 3. The van der Waals surface area contributed by atoms with E-state index >= 15 is 0 Å². The molecule has 2 rings (SSSR count). The first-order valence-electron chi connectivity index (χ1n) is 5.28. The molecule has 1 atom stereocenters. The van der Waals surface area contributed by atoms with E-state index in [4.69, 9.17) is 17.3 Å². The second-order valence-corrected chi connectivity index (χ2v) is 6.48. The van der Waals surface area contributed by atoms with Crippen molar-refractivity contribution in [3.05, 3.63) is 21.3 Å². The van der Waals surface area contributed by atoms with Crippen LogP contribution in [0.1, 0.15) is 18.2 Å². The van der Waals surface area contributed by atoms with E-state index in [1.807, 2.05) is 6.07 Å². The molecule has 0 aromatic carbocycles. The number of likely N-dealkylation sites (tertiary alicyclic amines) is 1. The van der Waals surface area contributed by atoms with Crippen LogP contribution in [0.5, 0.6) is 0 Å². The third-order valence-electron chi connectivity index (χ3n) is 3.14. The maximum atomic E-state index is 5.91. The summed E-state index contributed by atoms with van der Waals surface area (Å²) in [4.78, 5) is 3.82. The summed E-state index contributed by atoms with van der Waals surface area (Å²) >= 11 is 7.58. The molecular formula is C11H17ClN2S. The Hall–Kier alpha value is -0.0900. The molecule has 1 aliphatic heterocycles. The van der Waals surface area contributed by atoms with E-state index in [0.717, 1.165) is 30.5 Å². The molecule has 0 bridgehead atoms. The van der Waals surface area contributed by atoms with Gasteiger partial charge in [0.05, 0.1) is 4.34 Å². The molecule has 0 saturated carbocycles. The maximum absolute atomic E-state index is 5.91. The number of nitrogens with zero attached hydrogens (tertiary/aromatic N) is 1. The van der Waals surface area contributed by atoms with Crippen LogP contribution in [0.3, 0.4) is 0 Å². The summed E-state index contributed by atoms with van der Waals surface area (Å²) in [6.45, 7) is 6.35. The Morgan fingerprint density at radius 3 is 2.93 bits per heavy atom. The average molecular weight is 245 g/mol. The highest BCUT2D eigenvalue weighted by Crippen LogP contribution is 2.31. The fourth-order valence-electron chi connectivity index (χ4n) is 2.08. The van der Waals surface area contributed by atoms with Crippen molar-refractivity contribution in [1.29, 1.82) is 0 Å². The van der Waals surface area contributed by atoms with Gasteiger partial charge in [-0.25, -0.2) is 0 Å². The largest absolute Gasteiger partial charge is 0.330 e. The molecule has 2 N–H and O–H groups in total. The van der Waals surface area contributed by atoms with Crippen LogP contribution in [-0.2, 0) is 6.54 Å². The van der Waals surface area contributed by atoms with Gasteiger partial charge in [-0.05, 0) is 37.1 Å². The van der Waals surface area contributed by atoms with Crippen molar-refractivity contribution in [3.63, 3.8) is 0 Å². The molecule has 2 heterocycles. The molecule has 0 spiro atoms. The van der Waals surface area contributed by atoms with Gasteiger partial charge < -0.3 is 5.73 Å². The highest BCUT2D eigenvalue weighted by molar-refractivity contribution is 7.16. The zero-order valence-corrected chi connectivity index (χ0v) is 10.6. The Morgan fingerprint density at radius 2 is 2.40 bits per heavy atom. The molecule has 84 valence electrons. The van der Waals surface area contributed by atoms with Gasteiger partial charge in [-0.1, -0.05) is 18.5 Å². The first-order valence-corrected chi connectivity index (χ1v) is 6.47. The zero-order chi connectivity index (χ0) is 10.9. The molecule has 4 heteroatoms. The number of hydrogen-bond donors (Lipinski definition) is 1. The minimum atomic E-state index is 0.320. The summed E-state index contributed by atoms with van der Waals surface area (Å²) in [5.74, 6) is 0. The van der Waals surface area contributed by atoms with Crippen LogP contribution in [0.2, 0.25) is 4.34 Å². The van der Waals surface area contributed by atoms with Crippen LogP contribution < -0.4 is 5.73 Å². The van der Waals surface area contributed by atoms with Gasteiger partial charge in [0.25, 0.3) is 0 Å². The topological polar surface area (TPSA) is 29.3 Å². The Labute approximate surface area is 100 Å². The van der Waals surface area contributed by atoms with Crippen molar-refractivity contribution in [2.75, 3.05) is 19.6 Å². The van der Waals surface area contributed by atoms with Crippen molar-refractivity contribution in [3.8, 4) is 0 Å². The molecule has 0 amide bonds. The SMILES string of the molecule is CC1(CN)CCN(Cc2ccc(Cl)s2)C1. The predicted molar refractivity (Wildman–Crippen MR) is 66.4 cm³/mol. The first-order chi connectivity index (χ1) is 7.11. The summed E-state index contributed by atoms with van der Waals surface area (Å²) in [6, 6.07) is 4.09. The molecule has 1 aromatic rings. The van der Waals surface area contributed by atoms with E-state index in [2.05, 4.69) is 17.9 Å². The van der Waals surface area contributed by atoms with Gasteiger partial charge in [-0.15, -0.1) is 11.3 Å². The second kappa shape index (κ2) is 4.42. The van der Waals surface area contributed by atoms with Gasteiger partial charge in [-0.3, -0.25) is 4.90 Å². The predicted octanol–water partition coefficient (Wildman–Crippen LogP) is 2.57. The van der Waals surface area contributed by atoms with Gasteiger partial charge in [0, 0.05) is 18.0 Å². The lowest BCUT2D eigenvalue weighted by atomic mass is 9.90. The number of nitrogens with two attached hydrogens (primary N) is 1. The quantitative estimate of drug-likeness (QED) is 0.886.